The van der Waals surface area contributed by atoms with E-state index in [-0.39, 0.29) is 18.0 Å². The van der Waals surface area contributed by atoms with E-state index in [1.807, 2.05) is 36.7 Å². The number of benzene rings is 1. The van der Waals surface area contributed by atoms with E-state index in [1.54, 1.807) is 11.0 Å². The number of hydrogen-bond acceptors (Lipinski definition) is 3. The fourth-order valence-electron chi connectivity index (χ4n) is 2.96. The molecule has 7 nitrogen and oxygen atoms in total. The van der Waals surface area contributed by atoms with Crippen LogP contribution in [0.1, 0.15) is 35.6 Å². The van der Waals surface area contributed by atoms with Crippen molar-refractivity contribution < 1.29 is 9.59 Å². The molecular formula is C19H25N5O2. The third-order valence-corrected chi connectivity index (χ3v) is 4.27. The van der Waals surface area contributed by atoms with E-state index < -0.39 is 0 Å². The molecule has 138 valence electrons. The van der Waals surface area contributed by atoms with Crippen molar-refractivity contribution in [3.05, 3.63) is 53.3 Å². The van der Waals surface area contributed by atoms with Crippen molar-refractivity contribution in [1.29, 1.82) is 0 Å². The molecule has 2 N–H and O–H groups in total. The first-order chi connectivity index (χ1) is 12.5. The molecule has 1 aliphatic heterocycles. The molecule has 0 radical (unpaired) electrons. The monoisotopic (exact) mass is 355 g/mol. The number of urea groups is 1. The summed E-state index contributed by atoms with van der Waals surface area (Å²) < 4.78 is 1.81. The second-order valence-electron chi connectivity index (χ2n) is 6.76. The van der Waals surface area contributed by atoms with Gasteiger partial charge in [0.1, 0.15) is 0 Å². The first-order valence-corrected chi connectivity index (χ1v) is 8.97. The molecule has 0 saturated carbocycles. The van der Waals surface area contributed by atoms with E-state index in [2.05, 4.69) is 27.9 Å². The first kappa shape index (κ1) is 18.0. The molecule has 2 heterocycles. The Bertz CT molecular complexity index is 769. The molecule has 0 saturated heterocycles. The highest BCUT2D eigenvalue weighted by atomic mass is 16.2. The SMILES string of the molecule is CC(C)NC(=O)c1cc2n(n1)CCN(C(=O)NCCc1ccccc1)C2. The van der Waals surface area contributed by atoms with Crippen molar-refractivity contribution in [3.63, 3.8) is 0 Å². The van der Waals surface area contributed by atoms with Crippen molar-refractivity contribution in [1.82, 2.24) is 25.3 Å². The minimum absolute atomic E-state index is 0.0631. The van der Waals surface area contributed by atoms with Crippen molar-refractivity contribution in [3.8, 4) is 0 Å². The average Bonchev–Trinajstić information content (AvgIpc) is 3.05. The van der Waals surface area contributed by atoms with Gasteiger partial charge in [-0.05, 0) is 31.9 Å². The van der Waals surface area contributed by atoms with Crippen molar-refractivity contribution in [2.75, 3.05) is 13.1 Å². The lowest BCUT2D eigenvalue weighted by Gasteiger charge is -2.27. The summed E-state index contributed by atoms with van der Waals surface area (Å²) in [7, 11) is 0. The van der Waals surface area contributed by atoms with Crippen LogP contribution in [0.3, 0.4) is 0 Å². The third-order valence-electron chi connectivity index (χ3n) is 4.27. The van der Waals surface area contributed by atoms with Crippen LogP contribution in [0.4, 0.5) is 4.79 Å². The number of fused-ring (bicyclic) bond motifs is 1. The van der Waals surface area contributed by atoms with Crippen molar-refractivity contribution in [2.24, 2.45) is 0 Å². The lowest BCUT2D eigenvalue weighted by molar-refractivity contribution is 0.0937. The van der Waals surface area contributed by atoms with Gasteiger partial charge in [0.05, 0.1) is 18.8 Å². The van der Waals surface area contributed by atoms with Gasteiger partial charge in [-0.1, -0.05) is 30.3 Å². The van der Waals surface area contributed by atoms with Crippen LogP contribution in [0, 0.1) is 0 Å². The number of carbonyl (C=O) groups is 2. The maximum absolute atomic E-state index is 12.4. The number of nitrogens with zero attached hydrogens (tertiary/aromatic N) is 3. The van der Waals surface area contributed by atoms with Crippen molar-refractivity contribution >= 4 is 11.9 Å². The summed E-state index contributed by atoms with van der Waals surface area (Å²) in [6.45, 7) is 6.05. The van der Waals surface area contributed by atoms with Gasteiger partial charge in [-0.15, -0.1) is 0 Å². The number of nitrogens with one attached hydrogen (secondary N) is 2. The Hall–Kier alpha value is -2.83. The summed E-state index contributed by atoms with van der Waals surface area (Å²) in [5.74, 6) is -0.180. The van der Waals surface area contributed by atoms with Crippen LogP contribution < -0.4 is 10.6 Å². The Labute approximate surface area is 153 Å². The van der Waals surface area contributed by atoms with E-state index in [0.717, 1.165) is 12.1 Å². The maximum atomic E-state index is 12.4. The van der Waals surface area contributed by atoms with Gasteiger partial charge < -0.3 is 15.5 Å². The summed E-state index contributed by atoms with van der Waals surface area (Å²) in [5.41, 5.74) is 2.48. The highest BCUT2D eigenvalue weighted by Crippen LogP contribution is 2.14. The molecule has 3 rings (SSSR count). The van der Waals surface area contributed by atoms with Crippen LogP contribution in [0.25, 0.3) is 0 Å². The number of hydrogen-bond donors (Lipinski definition) is 2. The Morgan fingerprint density at radius 2 is 1.96 bits per heavy atom. The normalized spacial score (nSPS) is 13.4. The molecule has 0 atom stereocenters. The maximum Gasteiger partial charge on any atom is 0.317 e. The molecule has 2 aromatic rings. The van der Waals surface area contributed by atoms with Gasteiger partial charge in [-0.25, -0.2) is 4.79 Å². The molecule has 1 aromatic carbocycles. The van der Waals surface area contributed by atoms with Crippen LogP contribution in [0.2, 0.25) is 0 Å². The molecule has 0 spiro atoms. The number of rotatable bonds is 5. The average molecular weight is 355 g/mol. The second-order valence-corrected chi connectivity index (χ2v) is 6.76. The molecule has 0 fully saturated rings. The Kier molecular flexibility index (Phi) is 5.55. The van der Waals surface area contributed by atoms with Crippen molar-refractivity contribution in [2.45, 2.75) is 39.4 Å². The van der Waals surface area contributed by atoms with Gasteiger partial charge in [0, 0.05) is 19.1 Å². The molecule has 26 heavy (non-hydrogen) atoms. The zero-order valence-electron chi connectivity index (χ0n) is 15.2. The van der Waals surface area contributed by atoms with Crippen LogP contribution in [0.5, 0.6) is 0 Å². The van der Waals surface area contributed by atoms with E-state index in [4.69, 9.17) is 0 Å². The van der Waals surface area contributed by atoms with Gasteiger partial charge in [0.2, 0.25) is 0 Å². The number of aromatic nitrogens is 2. The predicted molar refractivity (Wildman–Crippen MR) is 98.8 cm³/mol. The predicted octanol–water partition coefficient (Wildman–Crippen LogP) is 1.79. The van der Waals surface area contributed by atoms with E-state index in [9.17, 15) is 9.59 Å². The molecule has 3 amide bonds. The van der Waals surface area contributed by atoms with E-state index >= 15 is 0 Å². The van der Waals surface area contributed by atoms with Gasteiger partial charge in [0.15, 0.2) is 5.69 Å². The number of carbonyl (C=O) groups excluding carboxylic acids is 2. The van der Waals surface area contributed by atoms with E-state index in [1.165, 1.54) is 5.56 Å². The minimum Gasteiger partial charge on any atom is -0.348 e. The summed E-state index contributed by atoms with van der Waals surface area (Å²) in [6.07, 6.45) is 0.803. The zero-order chi connectivity index (χ0) is 18.5. The number of amides is 3. The Morgan fingerprint density at radius 1 is 1.19 bits per heavy atom. The Morgan fingerprint density at radius 3 is 2.69 bits per heavy atom. The lowest BCUT2D eigenvalue weighted by Crippen LogP contribution is -2.44. The molecule has 0 bridgehead atoms. The standard InChI is InChI=1S/C19H25N5O2/c1-14(2)21-18(25)17-12-16-13-23(10-11-24(16)22-17)19(26)20-9-8-15-6-4-3-5-7-15/h3-7,12,14H,8-11,13H2,1-2H3,(H,20,26)(H,21,25). The molecule has 1 aliphatic rings. The fourth-order valence-corrected chi connectivity index (χ4v) is 2.96. The molecule has 0 unspecified atom stereocenters. The van der Waals surface area contributed by atoms with Crippen LogP contribution in [0.15, 0.2) is 36.4 Å². The van der Waals surface area contributed by atoms with Gasteiger partial charge in [-0.2, -0.15) is 5.10 Å². The highest BCUT2D eigenvalue weighted by Gasteiger charge is 2.23. The summed E-state index contributed by atoms with van der Waals surface area (Å²) >= 11 is 0. The fraction of sp³-hybridized carbons (Fsp3) is 0.421. The Balaban J connectivity index is 1.53. The van der Waals surface area contributed by atoms with Gasteiger partial charge in [0.25, 0.3) is 5.91 Å². The van der Waals surface area contributed by atoms with Crippen LogP contribution >= 0.6 is 0 Å². The van der Waals surface area contributed by atoms with E-state index in [0.29, 0.717) is 31.9 Å². The summed E-state index contributed by atoms with van der Waals surface area (Å²) in [6, 6.07) is 11.8. The van der Waals surface area contributed by atoms with Gasteiger partial charge >= 0.3 is 6.03 Å². The molecule has 0 aliphatic carbocycles. The topological polar surface area (TPSA) is 79.3 Å². The van der Waals surface area contributed by atoms with Crippen LogP contribution in [-0.4, -0.2) is 45.8 Å². The first-order valence-electron chi connectivity index (χ1n) is 8.97. The molecule has 1 aromatic heterocycles. The van der Waals surface area contributed by atoms with Gasteiger partial charge in [-0.3, -0.25) is 9.48 Å². The quantitative estimate of drug-likeness (QED) is 0.858. The summed E-state index contributed by atoms with van der Waals surface area (Å²) in [4.78, 5) is 26.2. The minimum atomic E-state index is -0.180. The lowest BCUT2D eigenvalue weighted by atomic mass is 10.1. The largest absolute Gasteiger partial charge is 0.348 e. The molecule has 7 heteroatoms. The summed E-state index contributed by atoms with van der Waals surface area (Å²) in [5, 5.41) is 10.1. The third kappa shape index (κ3) is 4.41. The second kappa shape index (κ2) is 8.03. The molecular weight excluding hydrogens is 330 g/mol. The van der Waals surface area contributed by atoms with Crippen LogP contribution in [-0.2, 0) is 19.5 Å². The highest BCUT2D eigenvalue weighted by molar-refractivity contribution is 5.92. The zero-order valence-corrected chi connectivity index (χ0v) is 15.2. The smallest absolute Gasteiger partial charge is 0.317 e.